The second-order valence-corrected chi connectivity index (χ2v) is 6.80. The molecule has 1 aromatic carbocycles. The number of benzene rings is 1. The van der Waals surface area contributed by atoms with E-state index >= 15 is 0 Å². The fourth-order valence-corrected chi connectivity index (χ4v) is 3.31. The highest BCUT2D eigenvalue weighted by molar-refractivity contribution is 7.16. The molecule has 0 unspecified atom stereocenters. The molecular formula is C17H16N4O2S. The van der Waals surface area contributed by atoms with E-state index in [4.69, 9.17) is 0 Å². The van der Waals surface area contributed by atoms with Gasteiger partial charge in [-0.15, -0.1) is 11.3 Å². The molecule has 122 valence electrons. The van der Waals surface area contributed by atoms with Crippen molar-refractivity contribution < 1.29 is 4.79 Å². The maximum atomic E-state index is 12.2. The molecule has 0 saturated heterocycles. The maximum absolute atomic E-state index is 12.2. The number of rotatable bonds is 5. The van der Waals surface area contributed by atoms with E-state index in [0.717, 1.165) is 28.8 Å². The Morgan fingerprint density at radius 1 is 1.29 bits per heavy atom. The smallest absolute Gasteiger partial charge is 0.253 e. The molecular weight excluding hydrogens is 324 g/mol. The molecule has 0 spiro atoms. The van der Waals surface area contributed by atoms with Gasteiger partial charge in [0.1, 0.15) is 0 Å². The zero-order chi connectivity index (χ0) is 16.5. The summed E-state index contributed by atoms with van der Waals surface area (Å²) in [6.45, 7) is 0.787. The fraction of sp³-hybridized carbons (Fsp3) is 0.294. The minimum absolute atomic E-state index is 0.0628. The number of fused-ring (bicyclic) bond motifs is 1. The van der Waals surface area contributed by atoms with E-state index in [-0.39, 0.29) is 11.5 Å². The second-order valence-electron chi connectivity index (χ2n) is 5.91. The summed E-state index contributed by atoms with van der Waals surface area (Å²) in [5.41, 5.74) is 4.08. The molecule has 2 heterocycles. The monoisotopic (exact) mass is 340 g/mol. The number of carbonyl (C=O) groups excluding carboxylic acids is 1. The summed E-state index contributed by atoms with van der Waals surface area (Å²) in [7, 11) is 0. The van der Waals surface area contributed by atoms with Crippen molar-refractivity contribution in [2.75, 3.05) is 6.54 Å². The van der Waals surface area contributed by atoms with Gasteiger partial charge in [0.25, 0.3) is 11.5 Å². The van der Waals surface area contributed by atoms with Crippen LogP contribution in [0.5, 0.6) is 0 Å². The highest BCUT2D eigenvalue weighted by Crippen LogP contribution is 2.38. The first-order valence-electron chi connectivity index (χ1n) is 7.88. The average molecular weight is 340 g/mol. The molecule has 7 heteroatoms. The van der Waals surface area contributed by atoms with Gasteiger partial charge in [-0.25, -0.2) is 9.97 Å². The van der Waals surface area contributed by atoms with Crippen LogP contribution >= 0.6 is 11.3 Å². The maximum Gasteiger partial charge on any atom is 0.253 e. The molecule has 1 aliphatic carbocycles. The van der Waals surface area contributed by atoms with Crippen LogP contribution in [-0.4, -0.2) is 27.0 Å². The summed E-state index contributed by atoms with van der Waals surface area (Å²) < 4.78 is 2.51. The van der Waals surface area contributed by atoms with Crippen LogP contribution in [0.15, 0.2) is 40.9 Å². The molecule has 1 saturated carbocycles. The summed E-state index contributed by atoms with van der Waals surface area (Å²) in [6, 6.07) is 7.04. The molecule has 0 aliphatic heterocycles. The van der Waals surface area contributed by atoms with E-state index in [1.54, 1.807) is 24.0 Å². The van der Waals surface area contributed by atoms with E-state index in [1.807, 2.05) is 12.1 Å². The largest absolute Gasteiger partial charge is 0.350 e. The number of nitrogens with zero attached hydrogens (tertiary/aromatic N) is 3. The van der Waals surface area contributed by atoms with E-state index in [0.29, 0.717) is 24.6 Å². The van der Waals surface area contributed by atoms with Crippen molar-refractivity contribution in [2.45, 2.75) is 25.3 Å². The van der Waals surface area contributed by atoms with Crippen LogP contribution in [0.25, 0.3) is 10.2 Å². The van der Waals surface area contributed by atoms with Crippen molar-refractivity contribution in [1.29, 1.82) is 0 Å². The van der Waals surface area contributed by atoms with Crippen LogP contribution in [0.3, 0.4) is 0 Å². The van der Waals surface area contributed by atoms with Crippen LogP contribution in [0.1, 0.15) is 34.8 Å². The number of carbonyl (C=O) groups is 1. The lowest BCUT2D eigenvalue weighted by molar-refractivity contribution is 0.0952. The molecule has 0 atom stereocenters. The highest BCUT2D eigenvalue weighted by atomic mass is 32.1. The molecule has 1 amide bonds. The molecule has 6 nitrogen and oxygen atoms in total. The number of amides is 1. The molecule has 1 N–H and O–H groups in total. The molecule has 3 aromatic rings. The lowest BCUT2D eigenvalue weighted by atomic mass is 10.2. The number of thiazole rings is 1. The number of nitrogens with one attached hydrogen (secondary N) is 1. The van der Waals surface area contributed by atoms with Gasteiger partial charge in [0.05, 0.1) is 27.7 Å². The van der Waals surface area contributed by atoms with Crippen molar-refractivity contribution in [2.24, 2.45) is 0 Å². The SMILES string of the molecule is O=C(NCCn1cnc(C2CC2)cc1=O)c1ccc2ncsc2c1. The van der Waals surface area contributed by atoms with E-state index in [2.05, 4.69) is 15.3 Å². The second kappa shape index (κ2) is 6.16. The number of aromatic nitrogens is 3. The Morgan fingerprint density at radius 3 is 2.96 bits per heavy atom. The minimum atomic E-state index is -0.152. The minimum Gasteiger partial charge on any atom is -0.350 e. The Kier molecular flexibility index (Phi) is 3.86. The van der Waals surface area contributed by atoms with E-state index < -0.39 is 0 Å². The van der Waals surface area contributed by atoms with Gasteiger partial charge in [-0.2, -0.15) is 0 Å². The Hall–Kier alpha value is -2.54. The van der Waals surface area contributed by atoms with Gasteiger partial charge in [-0.05, 0) is 31.0 Å². The standard InChI is InChI=1S/C17H16N4O2S/c22-16-8-14(11-1-2-11)19-9-21(16)6-5-18-17(23)12-3-4-13-15(7-12)24-10-20-13/h3-4,7-11H,1-2,5-6H2,(H,18,23). The zero-order valence-corrected chi connectivity index (χ0v) is 13.8. The molecule has 0 bridgehead atoms. The molecule has 24 heavy (non-hydrogen) atoms. The van der Waals surface area contributed by atoms with Gasteiger partial charge < -0.3 is 5.32 Å². The van der Waals surface area contributed by atoms with Crippen molar-refractivity contribution in [3.05, 3.63) is 57.7 Å². The van der Waals surface area contributed by atoms with Crippen molar-refractivity contribution in [3.8, 4) is 0 Å². The van der Waals surface area contributed by atoms with Gasteiger partial charge in [-0.1, -0.05) is 0 Å². The van der Waals surface area contributed by atoms with Gasteiger partial charge in [-0.3, -0.25) is 14.2 Å². The van der Waals surface area contributed by atoms with Gasteiger partial charge in [0, 0.05) is 30.6 Å². The Bertz CT molecular complexity index is 958. The molecule has 1 fully saturated rings. The molecule has 0 radical (unpaired) electrons. The molecule has 1 aliphatic rings. The van der Waals surface area contributed by atoms with Crippen molar-refractivity contribution in [1.82, 2.24) is 19.9 Å². The third-order valence-corrected chi connectivity index (χ3v) is 4.92. The van der Waals surface area contributed by atoms with Gasteiger partial charge in [0.2, 0.25) is 0 Å². The highest BCUT2D eigenvalue weighted by Gasteiger charge is 2.25. The summed E-state index contributed by atoms with van der Waals surface area (Å²) in [4.78, 5) is 32.8. The summed E-state index contributed by atoms with van der Waals surface area (Å²) >= 11 is 1.51. The van der Waals surface area contributed by atoms with E-state index in [9.17, 15) is 9.59 Å². The fourth-order valence-electron chi connectivity index (χ4n) is 2.60. The quantitative estimate of drug-likeness (QED) is 0.772. The topological polar surface area (TPSA) is 76.9 Å². The first-order chi connectivity index (χ1) is 11.7. The molecule has 4 rings (SSSR count). The number of hydrogen-bond donors (Lipinski definition) is 1. The summed E-state index contributed by atoms with van der Waals surface area (Å²) in [5, 5.41) is 2.84. The summed E-state index contributed by atoms with van der Waals surface area (Å²) in [6.07, 6.45) is 3.82. The number of hydrogen-bond acceptors (Lipinski definition) is 5. The Morgan fingerprint density at radius 2 is 2.17 bits per heavy atom. The zero-order valence-electron chi connectivity index (χ0n) is 12.9. The van der Waals surface area contributed by atoms with Crippen LogP contribution < -0.4 is 10.9 Å². The Balaban J connectivity index is 1.38. The van der Waals surface area contributed by atoms with Crippen LogP contribution in [0, 0.1) is 0 Å². The third kappa shape index (κ3) is 3.07. The lowest BCUT2D eigenvalue weighted by Gasteiger charge is -2.08. The average Bonchev–Trinajstić information content (AvgIpc) is 3.33. The lowest BCUT2D eigenvalue weighted by Crippen LogP contribution is -2.31. The first-order valence-corrected chi connectivity index (χ1v) is 8.76. The predicted molar refractivity (Wildman–Crippen MR) is 92.4 cm³/mol. The van der Waals surface area contributed by atoms with Crippen molar-refractivity contribution in [3.63, 3.8) is 0 Å². The first kappa shape index (κ1) is 15.0. The van der Waals surface area contributed by atoms with Gasteiger partial charge in [0.15, 0.2) is 0 Å². The van der Waals surface area contributed by atoms with Crippen LogP contribution in [-0.2, 0) is 6.54 Å². The van der Waals surface area contributed by atoms with Crippen LogP contribution in [0.2, 0.25) is 0 Å². The Labute approximate surface area is 142 Å². The van der Waals surface area contributed by atoms with E-state index in [1.165, 1.54) is 15.9 Å². The van der Waals surface area contributed by atoms with Crippen LogP contribution in [0.4, 0.5) is 0 Å². The van der Waals surface area contributed by atoms with Crippen molar-refractivity contribution >= 4 is 27.5 Å². The normalized spacial score (nSPS) is 14.0. The summed E-state index contributed by atoms with van der Waals surface area (Å²) in [5.74, 6) is 0.314. The predicted octanol–water partition coefficient (Wildman–Crippen LogP) is 2.16. The third-order valence-electron chi connectivity index (χ3n) is 4.13. The van der Waals surface area contributed by atoms with Gasteiger partial charge >= 0.3 is 0 Å². The molecule has 2 aromatic heterocycles.